The van der Waals surface area contributed by atoms with Gasteiger partial charge >= 0.3 is 0 Å². The Kier molecular flexibility index (Phi) is 7.29. The normalized spacial score (nSPS) is 19.4. The summed E-state index contributed by atoms with van der Waals surface area (Å²) in [5, 5.41) is 0. The minimum absolute atomic E-state index is 0.589. The molecule has 1 saturated heterocycles. The SMILES string of the molecule is C=C(/C=C\C(=C/C)C(C)C)CN1CCC(C(C)C)CC1. The van der Waals surface area contributed by atoms with Crippen molar-refractivity contribution < 1.29 is 0 Å². The molecule has 0 unspecified atom stereocenters. The maximum atomic E-state index is 4.21. The molecule has 0 saturated carbocycles. The average Bonchev–Trinajstić information content (AvgIpc) is 2.39. The van der Waals surface area contributed by atoms with Crippen molar-refractivity contribution in [3.63, 3.8) is 0 Å². The number of rotatable bonds is 6. The second-order valence-corrected chi connectivity index (χ2v) is 6.79. The Morgan fingerprint density at radius 3 is 2.20 bits per heavy atom. The van der Waals surface area contributed by atoms with Crippen molar-refractivity contribution >= 4 is 0 Å². The van der Waals surface area contributed by atoms with Crippen LogP contribution < -0.4 is 0 Å². The number of nitrogens with zero attached hydrogens (tertiary/aromatic N) is 1. The summed E-state index contributed by atoms with van der Waals surface area (Å²) in [6.07, 6.45) is 9.32. The molecule has 1 fully saturated rings. The Morgan fingerprint density at radius 2 is 1.75 bits per heavy atom. The van der Waals surface area contributed by atoms with Crippen LogP contribution in [-0.4, -0.2) is 24.5 Å². The van der Waals surface area contributed by atoms with Crippen molar-refractivity contribution in [1.29, 1.82) is 0 Å². The van der Waals surface area contributed by atoms with E-state index in [0.717, 1.165) is 18.4 Å². The third-order valence-corrected chi connectivity index (χ3v) is 4.51. The van der Waals surface area contributed by atoms with Gasteiger partial charge in [0.1, 0.15) is 0 Å². The Balaban J connectivity index is 2.39. The summed E-state index contributed by atoms with van der Waals surface area (Å²) < 4.78 is 0. The molecule has 0 aliphatic carbocycles. The van der Waals surface area contributed by atoms with Gasteiger partial charge in [-0.3, -0.25) is 4.90 Å². The Morgan fingerprint density at radius 1 is 1.15 bits per heavy atom. The van der Waals surface area contributed by atoms with Crippen molar-refractivity contribution in [1.82, 2.24) is 4.90 Å². The van der Waals surface area contributed by atoms with E-state index in [1.165, 1.54) is 37.1 Å². The third-order valence-electron chi connectivity index (χ3n) is 4.51. The molecule has 1 heterocycles. The molecule has 1 nitrogen and oxygen atoms in total. The minimum atomic E-state index is 0.589. The monoisotopic (exact) mass is 275 g/mol. The number of likely N-dealkylation sites (tertiary alicyclic amines) is 1. The maximum absolute atomic E-state index is 4.21. The van der Waals surface area contributed by atoms with E-state index in [1.807, 2.05) is 0 Å². The van der Waals surface area contributed by atoms with E-state index < -0.39 is 0 Å². The highest BCUT2D eigenvalue weighted by Gasteiger charge is 2.21. The van der Waals surface area contributed by atoms with Crippen molar-refractivity contribution in [3.8, 4) is 0 Å². The van der Waals surface area contributed by atoms with Crippen LogP contribution in [0.1, 0.15) is 47.5 Å². The molecule has 0 atom stereocenters. The molecule has 0 aromatic rings. The van der Waals surface area contributed by atoms with Crippen LogP contribution in [0.3, 0.4) is 0 Å². The summed E-state index contributed by atoms with van der Waals surface area (Å²) in [5.41, 5.74) is 2.62. The van der Waals surface area contributed by atoms with Crippen LogP contribution in [0.2, 0.25) is 0 Å². The lowest BCUT2D eigenvalue weighted by atomic mass is 9.86. The molecule has 114 valence electrons. The first-order valence-corrected chi connectivity index (χ1v) is 8.18. The number of allylic oxidation sites excluding steroid dienone is 3. The van der Waals surface area contributed by atoms with Crippen LogP contribution in [0.5, 0.6) is 0 Å². The lowest BCUT2D eigenvalue weighted by Crippen LogP contribution is -2.36. The fraction of sp³-hybridized carbons (Fsp3) is 0.684. The first kappa shape index (κ1) is 17.2. The quantitative estimate of drug-likeness (QED) is 0.612. The summed E-state index contributed by atoms with van der Waals surface area (Å²) >= 11 is 0. The second kappa shape index (κ2) is 8.46. The van der Waals surface area contributed by atoms with Gasteiger partial charge in [0.15, 0.2) is 0 Å². The van der Waals surface area contributed by atoms with Gasteiger partial charge in [-0.25, -0.2) is 0 Å². The van der Waals surface area contributed by atoms with Crippen LogP contribution in [-0.2, 0) is 0 Å². The summed E-state index contributed by atoms with van der Waals surface area (Å²) in [5.74, 6) is 2.35. The van der Waals surface area contributed by atoms with Gasteiger partial charge in [0.25, 0.3) is 0 Å². The topological polar surface area (TPSA) is 3.24 Å². The zero-order valence-corrected chi connectivity index (χ0v) is 14.2. The molecule has 0 radical (unpaired) electrons. The molecule has 1 rings (SSSR count). The highest BCUT2D eigenvalue weighted by Crippen LogP contribution is 2.24. The summed E-state index contributed by atoms with van der Waals surface area (Å²) in [7, 11) is 0. The molecule has 0 amide bonds. The van der Waals surface area contributed by atoms with E-state index in [1.54, 1.807) is 0 Å². The summed E-state index contributed by atoms with van der Waals surface area (Å²) in [6.45, 7) is 19.0. The zero-order valence-electron chi connectivity index (χ0n) is 14.2. The van der Waals surface area contributed by atoms with Crippen LogP contribution in [0.4, 0.5) is 0 Å². The van der Waals surface area contributed by atoms with E-state index in [-0.39, 0.29) is 0 Å². The average molecular weight is 275 g/mol. The van der Waals surface area contributed by atoms with Crippen molar-refractivity contribution in [2.45, 2.75) is 47.5 Å². The van der Waals surface area contributed by atoms with Gasteiger partial charge in [0.05, 0.1) is 0 Å². The van der Waals surface area contributed by atoms with Crippen molar-refractivity contribution in [2.24, 2.45) is 17.8 Å². The Bertz CT molecular complexity index is 352. The zero-order chi connectivity index (χ0) is 15.1. The van der Waals surface area contributed by atoms with Crippen molar-refractivity contribution in [2.75, 3.05) is 19.6 Å². The van der Waals surface area contributed by atoms with Crippen LogP contribution in [0, 0.1) is 17.8 Å². The van der Waals surface area contributed by atoms with Gasteiger partial charge in [-0.1, -0.05) is 52.5 Å². The predicted molar refractivity (Wildman–Crippen MR) is 90.9 cm³/mol. The van der Waals surface area contributed by atoms with Gasteiger partial charge in [0, 0.05) is 6.54 Å². The molecule has 0 aromatic heterocycles. The molecular formula is C19H33N. The Labute approximate surface area is 126 Å². The molecule has 0 aromatic carbocycles. The van der Waals surface area contributed by atoms with Gasteiger partial charge in [-0.15, -0.1) is 0 Å². The highest BCUT2D eigenvalue weighted by molar-refractivity contribution is 5.27. The van der Waals surface area contributed by atoms with Crippen molar-refractivity contribution in [3.05, 3.63) is 36.0 Å². The van der Waals surface area contributed by atoms with Gasteiger partial charge in [-0.05, 0) is 61.8 Å². The molecular weight excluding hydrogens is 242 g/mol. The maximum Gasteiger partial charge on any atom is 0.0227 e. The van der Waals surface area contributed by atoms with E-state index >= 15 is 0 Å². The number of hydrogen-bond donors (Lipinski definition) is 0. The van der Waals surface area contributed by atoms with E-state index in [9.17, 15) is 0 Å². The Hall–Kier alpha value is -0.820. The van der Waals surface area contributed by atoms with Crippen LogP contribution >= 0.6 is 0 Å². The summed E-state index contributed by atoms with van der Waals surface area (Å²) in [4.78, 5) is 2.55. The van der Waals surface area contributed by atoms with Gasteiger partial charge in [0.2, 0.25) is 0 Å². The van der Waals surface area contributed by atoms with E-state index in [0.29, 0.717) is 5.92 Å². The van der Waals surface area contributed by atoms with Gasteiger partial charge in [-0.2, -0.15) is 0 Å². The third kappa shape index (κ3) is 5.66. The lowest BCUT2D eigenvalue weighted by molar-refractivity contribution is 0.169. The van der Waals surface area contributed by atoms with Crippen LogP contribution in [0.15, 0.2) is 36.0 Å². The molecule has 20 heavy (non-hydrogen) atoms. The highest BCUT2D eigenvalue weighted by atomic mass is 15.1. The van der Waals surface area contributed by atoms with E-state index in [4.69, 9.17) is 0 Å². The first-order valence-electron chi connectivity index (χ1n) is 8.18. The van der Waals surface area contributed by atoms with Crippen LogP contribution in [0.25, 0.3) is 0 Å². The molecule has 1 heteroatoms. The minimum Gasteiger partial charge on any atom is -0.299 e. The molecule has 1 aliphatic heterocycles. The molecule has 0 spiro atoms. The molecule has 0 N–H and O–H groups in total. The first-order chi connectivity index (χ1) is 9.43. The molecule has 1 aliphatic rings. The molecule has 0 bridgehead atoms. The lowest BCUT2D eigenvalue weighted by Gasteiger charge is -2.33. The number of piperidine rings is 1. The largest absolute Gasteiger partial charge is 0.299 e. The number of hydrogen-bond acceptors (Lipinski definition) is 1. The summed E-state index contributed by atoms with van der Waals surface area (Å²) in [6, 6.07) is 0. The predicted octanol–water partition coefficient (Wildman–Crippen LogP) is 5.07. The van der Waals surface area contributed by atoms with Gasteiger partial charge < -0.3 is 0 Å². The smallest absolute Gasteiger partial charge is 0.0227 e. The fourth-order valence-corrected chi connectivity index (χ4v) is 2.95. The van der Waals surface area contributed by atoms with E-state index in [2.05, 4.69) is 64.3 Å². The fourth-order valence-electron chi connectivity index (χ4n) is 2.95. The standard InChI is InChI=1S/C19H33N/c1-7-18(15(2)3)9-8-17(6)14-20-12-10-19(11-13-20)16(4)5/h7-9,15-16,19H,6,10-14H2,1-5H3/b9-8-,18-7+. The second-order valence-electron chi connectivity index (χ2n) is 6.79.